The number of aromatic nitrogens is 2. The van der Waals surface area contributed by atoms with E-state index in [0.29, 0.717) is 40.4 Å². The topological polar surface area (TPSA) is 75.2 Å². The molecule has 2 aromatic heterocycles. The molecule has 1 saturated heterocycles. The van der Waals surface area contributed by atoms with Crippen LogP contribution in [0, 0.1) is 0 Å². The second-order valence-corrected chi connectivity index (χ2v) is 8.82. The summed E-state index contributed by atoms with van der Waals surface area (Å²) in [6.45, 7) is 0.701. The first-order chi connectivity index (χ1) is 13.6. The highest BCUT2D eigenvalue weighted by Crippen LogP contribution is 2.26. The maximum absolute atomic E-state index is 12.3. The van der Waals surface area contributed by atoms with Gasteiger partial charge in [0.25, 0.3) is 0 Å². The first kappa shape index (κ1) is 19.0. The molecule has 28 heavy (non-hydrogen) atoms. The monoisotopic (exact) mass is 432 g/mol. The van der Waals surface area contributed by atoms with Crippen molar-refractivity contribution < 1.29 is 9.59 Å². The van der Waals surface area contributed by atoms with E-state index < -0.39 is 0 Å². The molecule has 3 heterocycles. The maximum atomic E-state index is 12.3. The molecule has 1 fully saturated rings. The number of carbonyl (C=O) groups is 2. The van der Waals surface area contributed by atoms with Gasteiger partial charge in [0.15, 0.2) is 10.3 Å². The molecule has 2 amide bonds. The van der Waals surface area contributed by atoms with Crippen LogP contribution in [0.2, 0.25) is 5.02 Å². The molecule has 0 aliphatic carbocycles. The Morgan fingerprint density at radius 1 is 1.36 bits per heavy atom. The zero-order valence-corrected chi connectivity index (χ0v) is 17.2. The van der Waals surface area contributed by atoms with Crippen LogP contribution in [0.5, 0.6) is 0 Å². The van der Waals surface area contributed by atoms with E-state index in [0.717, 1.165) is 16.9 Å². The van der Waals surface area contributed by atoms with Gasteiger partial charge in [-0.2, -0.15) is 0 Å². The first-order valence-corrected chi connectivity index (χ1v) is 10.9. The fourth-order valence-electron chi connectivity index (χ4n) is 2.97. The molecule has 1 aromatic carbocycles. The lowest BCUT2D eigenvalue weighted by atomic mass is 10.1. The lowest BCUT2D eigenvalue weighted by molar-refractivity contribution is -0.117. The smallest absolute Gasteiger partial charge is 0.232 e. The van der Waals surface area contributed by atoms with Gasteiger partial charge in [-0.05, 0) is 24.1 Å². The summed E-state index contributed by atoms with van der Waals surface area (Å²) in [5.74, 6) is -0.0753. The third-order valence-electron chi connectivity index (χ3n) is 4.25. The number of anilines is 2. The van der Waals surface area contributed by atoms with Crippen molar-refractivity contribution in [3.8, 4) is 0 Å². The van der Waals surface area contributed by atoms with E-state index in [1.54, 1.807) is 11.1 Å². The number of thiazole rings is 2. The van der Waals surface area contributed by atoms with Crippen LogP contribution in [0.25, 0.3) is 0 Å². The number of rotatable bonds is 6. The number of carbonyl (C=O) groups excluding carboxylic acids is 2. The average Bonchev–Trinajstić information content (AvgIpc) is 3.37. The van der Waals surface area contributed by atoms with Crippen molar-refractivity contribution >= 4 is 56.4 Å². The number of amides is 2. The summed E-state index contributed by atoms with van der Waals surface area (Å²) in [4.78, 5) is 35.5. The molecule has 3 aromatic rings. The molecule has 0 atom stereocenters. The predicted octanol–water partition coefficient (Wildman–Crippen LogP) is 4.15. The third kappa shape index (κ3) is 4.57. The van der Waals surface area contributed by atoms with E-state index in [4.69, 9.17) is 11.6 Å². The number of nitrogens with one attached hydrogen (secondary N) is 1. The number of nitrogens with zero attached hydrogens (tertiary/aromatic N) is 3. The normalized spacial score (nSPS) is 13.9. The highest BCUT2D eigenvalue weighted by atomic mass is 35.5. The highest BCUT2D eigenvalue weighted by Gasteiger charge is 2.24. The fourth-order valence-corrected chi connectivity index (χ4v) is 4.92. The Labute approximate surface area is 175 Å². The van der Waals surface area contributed by atoms with Crippen LogP contribution in [0.1, 0.15) is 29.0 Å². The Balaban J connectivity index is 1.34. The van der Waals surface area contributed by atoms with E-state index >= 15 is 0 Å². The molecular weight excluding hydrogens is 416 g/mol. The van der Waals surface area contributed by atoms with Gasteiger partial charge in [-0.1, -0.05) is 23.7 Å². The predicted molar refractivity (Wildman–Crippen MR) is 112 cm³/mol. The Morgan fingerprint density at radius 3 is 3.04 bits per heavy atom. The SMILES string of the molecule is O=C(Cc1csc(N2CCCC2=O)n1)Nc1ncc(Cc2cccc(Cl)c2)s1. The number of hydrogen-bond acceptors (Lipinski definition) is 6. The molecule has 1 aliphatic heterocycles. The van der Waals surface area contributed by atoms with Crippen LogP contribution >= 0.6 is 34.3 Å². The van der Waals surface area contributed by atoms with E-state index in [9.17, 15) is 9.59 Å². The molecule has 6 nitrogen and oxygen atoms in total. The lowest BCUT2D eigenvalue weighted by Gasteiger charge is -2.10. The summed E-state index contributed by atoms with van der Waals surface area (Å²) in [6.07, 6.45) is 4.06. The fraction of sp³-hybridized carbons (Fsp3) is 0.263. The summed E-state index contributed by atoms with van der Waals surface area (Å²) in [6, 6.07) is 7.69. The van der Waals surface area contributed by atoms with E-state index in [-0.39, 0.29) is 18.2 Å². The van der Waals surface area contributed by atoms with Gasteiger partial charge in [-0.25, -0.2) is 9.97 Å². The van der Waals surface area contributed by atoms with Crippen LogP contribution < -0.4 is 10.2 Å². The Kier molecular flexibility index (Phi) is 5.70. The van der Waals surface area contributed by atoms with E-state index in [2.05, 4.69) is 15.3 Å². The standard InChI is InChI=1S/C19H17ClN4O2S2/c20-13-4-1-3-12(7-13)8-15-10-21-18(28-15)23-16(25)9-14-11-27-19(22-14)24-6-2-5-17(24)26/h1,3-4,7,10-11H,2,5-6,8-9H2,(H,21,23,25). The van der Waals surface area contributed by atoms with E-state index in [1.165, 1.54) is 22.7 Å². The highest BCUT2D eigenvalue weighted by molar-refractivity contribution is 7.15. The van der Waals surface area contributed by atoms with Gasteiger partial charge in [0.2, 0.25) is 11.8 Å². The maximum Gasteiger partial charge on any atom is 0.232 e. The molecule has 0 radical (unpaired) electrons. The van der Waals surface area contributed by atoms with Crippen LogP contribution in [-0.4, -0.2) is 28.3 Å². The average molecular weight is 433 g/mol. The zero-order chi connectivity index (χ0) is 19.5. The van der Waals surface area contributed by atoms with Gasteiger partial charge in [0.05, 0.1) is 12.1 Å². The number of halogens is 1. The molecular formula is C19H17ClN4O2S2. The molecule has 0 saturated carbocycles. The molecule has 0 bridgehead atoms. The summed E-state index contributed by atoms with van der Waals surface area (Å²) < 4.78 is 0. The molecule has 1 N–H and O–H groups in total. The minimum absolute atomic E-state index is 0.0976. The van der Waals surface area contributed by atoms with Crippen molar-refractivity contribution in [1.82, 2.24) is 9.97 Å². The number of benzene rings is 1. The van der Waals surface area contributed by atoms with Crippen LogP contribution in [-0.2, 0) is 22.4 Å². The lowest BCUT2D eigenvalue weighted by Crippen LogP contribution is -2.23. The first-order valence-electron chi connectivity index (χ1n) is 8.80. The zero-order valence-electron chi connectivity index (χ0n) is 14.9. The Hall–Kier alpha value is -2.29. The second-order valence-electron chi connectivity index (χ2n) is 6.43. The van der Waals surface area contributed by atoms with Crippen molar-refractivity contribution in [3.63, 3.8) is 0 Å². The Bertz CT molecular complexity index is 1020. The van der Waals surface area contributed by atoms with Crippen molar-refractivity contribution in [2.45, 2.75) is 25.7 Å². The third-order valence-corrected chi connectivity index (χ3v) is 6.31. The van der Waals surface area contributed by atoms with E-state index in [1.807, 2.05) is 29.6 Å². The van der Waals surface area contributed by atoms with Gasteiger partial charge in [-0.15, -0.1) is 22.7 Å². The van der Waals surface area contributed by atoms with Gasteiger partial charge < -0.3 is 5.32 Å². The van der Waals surface area contributed by atoms with Gasteiger partial charge in [0.1, 0.15) is 0 Å². The van der Waals surface area contributed by atoms with Gasteiger partial charge in [0, 0.05) is 40.9 Å². The molecule has 4 rings (SSSR count). The quantitative estimate of drug-likeness (QED) is 0.634. The van der Waals surface area contributed by atoms with Crippen molar-refractivity contribution in [1.29, 1.82) is 0 Å². The van der Waals surface area contributed by atoms with Crippen LogP contribution in [0.4, 0.5) is 10.3 Å². The summed E-state index contributed by atoms with van der Waals surface area (Å²) in [5.41, 5.74) is 1.76. The summed E-state index contributed by atoms with van der Waals surface area (Å²) in [7, 11) is 0. The summed E-state index contributed by atoms with van der Waals surface area (Å²) in [5, 5.41) is 6.58. The molecule has 0 spiro atoms. The minimum atomic E-state index is -0.173. The number of hydrogen-bond donors (Lipinski definition) is 1. The van der Waals surface area contributed by atoms with Crippen LogP contribution in [0.3, 0.4) is 0 Å². The minimum Gasteiger partial charge on any atom is -0.302 e. The van der Waals surface area contributed by atoms with Crippen molar-refractivity contribution in [2.75, 3.05) is 16.8 Å². The second kappa shape index (κ2) is 8.38. The molecule has 1 aliphatic rings. The molecule has 9 heteroatoms. The molecule has 144 valence electrons. The largest absolute Gasteiger partial charge is 0.302 e. The van der Waals surface area contributed by atoms with Crippen molar-refractivity contribution in [2.24, 2.45) is 0 Å². The summed E-state index contributed by atoms with van der Waals surface area (Å²) >= 11 is 8.85. The van der Waals surface area contributed by atoms with Crippen LogP contribution in [0.15, 0.2) is 35.8 Å². The van der Waals surface area contributed by atoms with Gasteiger partial charge >= 0.3 is 0 Å². The molecule has 0 unspecified atom stereocenters. The Morgan fingerprint density at radius 2 is 2.25 bits per heavy atom. The van der Waals surface area contributed by atoms with Gasteiger partial charge in [-0.3, -0.25) is 14.5 Å². The van der Waals surface area contributed by atoms with Crippen molar-refractivity contribution in [3.05, 3.63) is 57.0 Å².